The van der Waals surface area contributed by atoms with Crippen molar-refractivity contribution in [2.24, 2.45) is 11.8 Å². The van der Waals surface area contributed by atoms with E-state index in [4.69, 9.17) is 10.3 Å². The van der Waals surface area contributed by atoms with Crippen LogP contribution in [0.15, 0.2) is 16.7 Å². The number of hydrogen-bond acceptors (Lipinski definition) is 4. The van der Waals surface area contributed by atoms with E-state index in [0.29, 0.717) is 11.7 Å². The number of hydrogen-bond donors (Lipinski definition) is 2. The van der Waals surface area contributed by atoms with E-state index in [2.05, 4.69) is 19.3 Å². The van der Waals surface area contributed by atoms with Gasteiger partial charge in [-0.25, -0.2) is 5.84 Å². The quantitative estimate of drug-likeness (QED) is 0.456. The molecule has 0 radical (unpaired) electrons. The van der Waals surface area contributed by atoms with Crippen molar-refractivity contribution in [2.45, 2.75) is 26.0 Å². The Labute approximate surface area is 99.9 Å². The van der Waals surface area contributed by atoms with Crippen molar-refractivity contribution in [3.8, 4) is 0 Å². The van der Waals surface area contributed by atoms with Gasteiger partial charge >= 0.3 is 5.91 Å². The van der Waals surface area contributed by atoms with Crippen molar-refractivity contribution in [3.05, 3.63) is 23.7 Å². The van der Waals surface area contributed by atoms with Gasteiger partial charge in [0.2, 0.25) is 0 Å². The third-order valence-electron chi connectivity index (χ3n) is 2.44. The maximum atomic E-state index is 11.3. The molecule has 90 valence electrons. The maximum Gasteiger partial charge on any atom is 0.301 e. The Kier molecular flexibility index (Phi) is 5.42. The molecule has 1 unspecified atom stereocenters. The Balaban J connectivity index is 2.48. The van der Waals surface area contributed by atoms with E-state index in [9.17, 15) is 4.79 Å². The fourth-order valence-corrected chi connectivity index (χ4v) is 2.41. The first-order valence-corrected chi connectivity index (χ1v) is 6.49. The highest BCUT2D eigenvalue weighted by molar-refractivity contribution is 7.98. The van der Waals surface area contributed by atoms with Gasteiger partial charge < -0.3 is 4.42 Å². The van der Waals surface area contributed by atoms with Crippen LogP contribution in [0.25, 0.3) is 0 Å². The molecule has 4 nitrogen and oxygen atoms in total. The fourth-order valence-electron chi connectivity index (χ4n) is 1.20. The van der Waals surface area contributed by atoms with Crippen LogP contribution >= 0.6 is 11.8 Å². The summed E-state index contributed by atoms with van der Waals surface area (Å²) in [6.07, 6.45) is 2.69. The van der Waals surface area contributed by atoms with E-state index in [1.165, 1.54) is 12.7 Å². The first kappa shape index (κ1) is 13.1. The lowest BCUT2D eigenvalue weighted by molar-refractivity contribution is 0.0925. The number of carbonyl (C=O) groups excluding carboxylic acids is 1. The number of nitrogens with one attached hydrogen (secondary N) is 1. The van der Waals surface area contributed by atoms with Gasteiger partial charge in [-0.2, -0.15) is 11.8 Å². The molecule has 0 aliphatic carbocycles. The molecule has 0 aliphatic heterocycles. The first-order valence-electron chi connectivity index (χ1n) is 5.34. The van der Waals surface area contributed by atoms with Crippen LogP contribution in [-0.4, -0.2) is 11.7 Å². The summed E-state index contributed by atoms with van der Waals surface area (Å²) in [4.78, 5) is 11.3. The maximum absolute atomic E-state index is 11.3. The molecule has 5 heteroatoms. The molecule has 1 atom stereocenters. The Bertz CT molecular complexity index is 338. The average molecular weight is 242 g/mol. The van der Waals surface area contributed by atoms with Crippen LogP contribution in [0.2, 0.25) is 0 Å². The number of rotatable bonds is 6. The molecule has 1 rings (SSSR count). The smallest absolute Gasteiger partial charge is 0.301 e. The van der Waals surface area contributed by atoms with Crippen molar-refractivity contribution < 1.29 is 9.21 Å². The van der Waals surface area contributed by atoms with Gasteiger partial charge in [-0.1, -0.05) is 20.3 Å². The number of carbonyl (C=O) groups is 1. The number of nitrogen functional groups attached to an aromatic ring is 1. The molecule has 1 amide bonds. The molecule has 3 N–H and O–H groups in total. The van der Waals surface area contributed by atoms with Gasteiger partial charge in [-0.05, 0) is 17.7 Å². The predicted molar refractivity (Wildman–Crippen MR) is 66.0 cm³/mol. The molecule has 1 heterocycles. The summed E-state index contributed by atoms with van der Waals surface area (Å²) in [6.45, 7) is 4.40. The summed E-state index contributed by atoms with van der Waals surface area (Å²) in [7, 11) is 0. The van der Waals surface area contributed by atoms with Crippen molar-refractivity contribution in [3.63, 3.8) is 0 Å². The summed E-state index contributed by atoms with van der Waals surface area (Å²) in [6, 6.07) is 1.81. The van der Waals surface area contributed by atoms with Gasteiger partial charge in [0.1, 0.15) is 0 Å². The van der Waals surface area contributed by atoms with Gasteiger partial charge in [0, 0.05) is 11.3 Å². The highest BCUT2D eigenvalue weighted by Crippen LogP contribution is 2.20. The third-order valence-corrected chi connectivity index (χ3v) is 3.76. The van der Waals surface area contributed by atoms with Crippen molar-refractivity contribution >= 4 is 17.7 Å². The zero-order chi connectivity index (χ0) is 12.0. The third kappa shape index (κ3) is 3.57. The molecule has 0 aliphatic rings. The van der Waals surface area contributed by atoms with Crippen LogP contribution in [0.4, 0.5) is 0 Å². The van der Waals surface area contributed by atoms with Gasteiger partial charge in [0.25, 0.3) is 0 Å². The minimum Gasteiger partial charge on any atom is -0.459 e. The van der Waals surface area contributed by atoms with E-state index in [0.717, 1.165) is 17.1 Å². The standard InChI is InChI=1S/C11H18N2O2S/c1-3-8(2)6-16-7-9-4-5-15-10(9)11(14)13-12/h4-5,8H,3,6-7,12H2,1-2H3,(H,13,14). The lowest BCUT2D eigenvalue weighted by atomic mass is 10.2. The van der Waals surface area contributed by atoms with E-state index in [-0.39, 0.29) is 5.91 Å². The first-order chi connectivity index (χ1) is 7.69. The number of nitrogens with two attached hydrogens (primary N) is 1. The van der Waals surface area contributed by atoms with Crippen LogP contribution in [0.5, 0.6) is 0 Å². The fraction of sp³-hybridized carbons (Fsp3) is 0.545. The zero-order valence-electron chi connectivity index (χ0n) is 9.66. The molecule has 0 bridgehead atoms. The van der Waals surface area contributed by atoms with Gasteiger partial charge in [-0.15, -0.1) is 0 Å². The Hall–Kier alpha value is -0.940. The molecule has 0 aromatic carbocycles. The van der Waals surface area contributed by atoms with Gasteiger partial charge in [0.15, 0.2) is 5.76 Å². The Morgan fingerprint density at radius 2 is 2.44 bits per heavy atom. The number of amides is 1. The molecule has 1 aromatic rings. The van der Waals surface area contributed by atoms with Crippen LogP contribution in [0, 0.1) is 5.92 Å². The normalized spacial score (nSPS) is 12.4. The van der Waals surface area contributed by atoms with Crippen LogP contribution in [-0.2, 0) is 5.75 Å². The molecule has 0 saturated carbocycles. The van der Waals surface area contributed by atoms with Crippen LogP contribution in [0.1, 0.15) is 36.4 Å². The van der Waals surface area contributed by atoms with Crippen molar-refractivity contribution in [2.75, 3.05) is 5.75 Å². The molecule has 1 aromatic heterocycles. The molecule has 0 spiro atoms. The van der Waals surface area contributed by atoms with Crippen molar-refractivity contribution in [1.29, 1.82) is 0 Å². The summed E-state index contributed by atoms with van der Waals surface area (Å²) in [5.74, 6) is 7.58. The number of furan rings is 1. The Morgan fingerprint density at radius 3 is 3.06 bits per heavy atom. The highest BCUT2D eigenvalue weighted by atomic mass is 32.2. The van der Waals surface area contributed by atoms with Crippen LogP contribution < -0.4 is 11.3 Å². The lowest BCUT2D eigenvalue weighted by Gasteiger charge is -2.07. The zero-order valence-corrected chi connectivity index (χ0v) is 10.5. The van der Waals surface area contributed by atoms with Crippen LogP contribution in [0.3, 0.4) is 0 Å². The highest BCUT2D eigenvalue weighted by Gasteiger charge is 2.14. The second kappa shape index (κ2) is 6.60. The number of hydrazine groups is 1. The topological polar surface area (TPSA) is 68.3 Å². The minimum atomic E-state index is -0.371. The van der Waals surface area contributed by atoms with Crippen molar-refractivity contribution in [1.82, 2.24) is 5.43 Å². The van der Waals surface area contributed by atoms with E-state index >= 15 is 0 Å². The molecular formula is C11H18N2O2S. The summed E-state index contributed by atoms with van der Waals surface area (Å²) in [5, 5.41) is 0. The lowest BCUT2D eigenvalue weighted by Crippen LogP contribution is -2.30. The largest absolute Gasteiger partial charge is 0.459 e. The SMILES string of the molecule is CCC(C)CSCc1ccoc1C(=O)NN. The molecule has 0 fully saturated rings. The van der Waals surface area contributed by atoms with E-state index in [1.54, 1.807) is 11.8 Å². The average Bonchev–Trinajstić information content (AvgIpc) is 2.76. The molecule has 0 saturated heterocycles. The van der Waals surface area contributed by atoms with E-state index < -0.39 is 0 Å². The second-order valence-electron chi connectivity index (χ2n) is 3.78. The minimum absolute atomic E-state index is 0.319. The summed E-state index contributed by atoms with van der Waals surface area (Å²) >= 11 is 1.80. The second-order valence-corrected chi connectivity index (χ2v) is 4.81. The monoisotopic (exact) mass is 242 g/mol. The summed E-state index contributed by atoms with van der Waals surface area (Å²) < 4.78 is 5.10. The molecule has 16 heavy (non-hydrogen) atoms. The number of thioether (sulfide) groups is 1. The van der Waals surface area contributed by atoms with E-state index in [1.807, 2.05) is 6.07 Å². The Morgan fingerprint density at radius 1 is 1.69 bits per heavy atom. The predicted octanol–water partition coefficient (Wildman–Crippen LogP) is 2.16. The van der Waals surface area contributed by atoms with Gasteiger partial charge in [0.05, 0.1) is 6.26 Å². The van der Waals surface area contributed by atoms with Gasteiger partial charge in [-0.3, -0.25) is 10.2 Å². The summed E-state index contributed by atoms with van der Waals surface area (Å²) in [5.41, 5.74) is 2.98. The molecular weight excluding hydrogens is 224 g/mol.